The first kappa shape index (κ1) is 21.9. The van der Waals surface area contributed by atoms with Gasteiger partial charge in [-0.05, 0) is 48.5 Å². The number of Topliss-reactive ketones (excluding diaryl/α,β-unsaturated/α-hetero) is 1. The van der Waals surface area contributed by atoms with E-state index in [0.29, 0.717) is 32.5 Å². The van der Waals surface area contributed by atoms with Crippen molar-refractivity contribution in [3.63, 3.8) is 0 Å². The topological polar surface area (TPSA) is 94.2 Å². The zero-order valence-corrected chi connectivity index (χ0v) is 18.6. The average molecular weight is 468 g/mol. The third-order valence-corrected chi connectivity index (χ3v) is 5.80. The summed E-state index contributed by atoms with van der Waals surface area (Å²) in [4.78, 5) is 41.6. The molecule has 0 atom stereocenters. The molecule has 2 aromatic carbocycles. The predicted octanol–water partition coefficient (Wildman–Crippen LogP) is 4.24. The number of thioether (sulfide) groups is 1. The standard InChI is InChI=1S/C23H18ClN3O4S/c1-14(28)25-12-17-10-11-21(31-17)20(29)13-32-23-26-19-5-3-2-4-18(19)22(30)27(23)16-8-6-15(24)7-9-16/h2-11H,12-13H2,1H3,(H,25,28). The number of carbonyl (C=O) groups is 2. The van der Waals surface area contributed by atoms with Crippen molar-refractivity contribution in [2.45, 2.75) is 18.6 Å². The van der Waals surface area contributed by atoms with Crippen molar-refractivity contribution < 1.29 is 14.0 Å². The fourth-order valence-electron chi connectivity index (χ4n) is 3.06. The van der Waals surface area contributed by atoms with Gasteiger partial charge in [0.25, 0.3) is 5.56 Å². The van der Waals surface area contributed by atoms with Crippen LogP contribution in [0, 0.1) is 0 Å². The molecule has 4 rings (SSSR count). The summed E-state index contributed by atoms with van der Waals surface area (Å²) >= 11 is 7.14. The van der Waals surface area contributed by atoms with Gasteiger partial charge in [-0.1, -0.05) is 35.5 Å². The molecule has 0 saturated carbocycles. The average Bonchev–Trinajstić information content (AvgIpc) is 3.26. The summed E-state index contributed by atoms with van der Waals surface area (Å²) < 4.78 is 7.00. The summed E-state index contributed by atoms with van der Waals surface area (Å²) in [6.45, 7) is 1.61. The van der Waals surface area contributed by atoms with Crippen molar-refractivity contribution >= 4 is 46.0 Å². The van der Waals surface area contributed by atoms with E-state index >= 15 is 0 Å². The summed E-state index contributed by atoms with van der Waals surface area (Å²) in [5.74, 6) is 0.238. The van der Waals surface area contributed by atoms with Crippen LogP contribution in [0.5, 0.6) is 0 Å². The van der Waals surface area contributed by atoms with Crippen molar-refractivity contribution in [3.05, 3.63) is 87.6 Å². The first-order valence-electron chi connectivity index (χ1n) is 9.69. The third-order valence-electron chi connectivity index (χ3n) is 4.61. The van der Waals surface area contributed by atoms with Gasteiger partial charge in [0.2, 0.25) is 11.7 Å². The van der Waals surface area contributed by atoms with E-state index in [4.69, 9.17) is 16.0 Å². The minimum Gasteiger partial charge on any atom is -0.456 e. The fraction of sp³-hybridized carbons (Fsp3) is 0.130. The van der Waals surface area contributed by atoms with Crippen LogP contribution in [-0.4, -0.2) is 27.0 Å². The van der Waals surface area contributed by atoms with Gasteiger partial charge >= 0.3 is 0 Å². The highest BCUT2D eigenvalue weighted by Gasteiger charge is 2.17. The Morgan fingerprint density at radius 2 is 1.84 bits per heavy atom. The van der Waals surface area contributed by atoms with Gasteiger partial charge in [0.15, 0.2) is 10.9 Å². The number of hydrogen-bond donors (Lipinski definition) is 1. The Morgan fingerprint density at radius 3 is 2.59 bits per heavy atom. The number of para-hydroxylation sites is 1. The summed E-state index contributed by atoms with van der Waals surface area (Å²) in [6.07, 6.45) is 0. The number of benzene rings is 2. The molecular formula is C23H18ClN3O4S. The van der Waals surface area contributed by atoms with Crippen molar-refractivity contribution in [2.75, 3.05) is 5.75 Å². The van der Waals surface area contributed by atoms with Crippen molar-refractivity contribution in [1.29, 1.82) is 0 Å². The second-order valence-electron chi connectivity index (χ2n) is 6.92. The van der Waals surface area contributed by atoms with E-state index < -0.39 is 0 Å². The van der Waals surface area contributed by atoms with E-state index in [-0.39, 0.29) is 35.3 Å². The maximum absolute atomic E-state index is 13.2. The molecule has 1 amide bonds. The minimum atomic E-state index is -0.255. The van der Waals surface area contributed by atoms with E-state index in [9.17, 15) is 14.4 Å². The molecule has 0 aliphatic heterocycles. The first-order valence-corrected chi connectivity index (χ1v) is 11.1. The lowest BCUT2D eigenvalue weighted by Gasteiger charge is -2.13. The zero-order chi connectivity index (χ0) is 22.7. The van der Waals surface area contributed by atoms with Crippen LogP contribution in [0.1, 0.15) is 23.2 Å². The molecule has 0 spiro atoms. The molecule has 9 heteroatoms. The van der Waals surface area contributed by atoms with Crippen molar-refractivity contribution in [2.24, 2.45) is 0 Å². The molecule has 0 bridgehead atoms. The van der Waals surface area contributed by atoms with Crippen molar-refractivity contribution in [1.82, 2.24) is 14.9 Å². The minimum absolute atomic E-state index is 0.0193. The van der Waals surface area contributed by atoms with Crippen LogP contribution in [0.2, 0.25) is 5.02 Å². The maximum atomic E-state index is 13.2. The molecule has 1 N–H and O–H groups in total. The molecule has 0 radical (unpaired) electrons. The van der Waals surface area contributed by atoms with E-state index in [0.717, 1.165) is 11.8 Å². The number of nitrogens with zero attached hydrogens (tertiary/aromatic N) is 2. The monoisotopic (exact) mass is 467 g/mol. The quantitative estimate of drug-likeness (QED) is 0.248. The SMILES string of the molecule is CC(=O)NCc1ccc(C(=O)CSc2nc3ccccc3c(=O)n2-c2ccc(Cl)cc2)o1. The Hall–Kier alpha value is -3.36. The number of fused-ring (bicyclic) bond motifs is 1. The number of furan rings is 1. The third kappa shape index (κ3) is 4.76. The summed E-state index contributed by atoms with van der Waals surface area (Å²) in [7, 11) is 0. The molecule has 0 fully saturated rings. The highest BCUT2D eigenvalue weighted by atomic mass is 35.5. The highest BCUT2D eigenvalue weighted by molar-refractivity contribution is 7.99. The largest absolute Gasteiger partial charge is 0.456 e. The van der Waals surface area contributed by atoms with E-state index in [1.165, 1.54) is 11.5 Å². The van der Waals surface area contributed by atoms with Crippen LogP contribution in [0.15, 0.2) is 75.0 Å². The summed E-state index contributed by atoms with van der Waals surface area (Å²) in [5, 5.41) is 4.03. The maximum Gasteiger partial charge on any atom is 0.266 e. The normalized spacial score (nSPS) is 10.9. The van der Waals surface area contributed by atoms with E-state index in [1.54, 1.807) is 60.7 Å². The summed E-state index contributed by atoms with van der Waals surface area (Å²) in [5.41, 5.74) is 0.917. The lowest BCUT2D eigenvalue weighted by atomic mass is 10.2. The molecular weight excluding hydrogens is 450 g/mol. The Balaban J connectivity index is 1.63. The van der Waals surface area contributed by atoms with Gasteiger partial charge in [0.05, 0.1) is 28.9 Å². The molecule has 2 heterocycles. The Labute approximate surface area is 192 Å². The molecule has 0 unspecified atom stereocenters. The van der Waals surface area contributed by atoms with Crippen LogP contribution < -0.4 is 10.9 Å². The fourth-order valence-corrected chi connectivity index (χ4v) is 4.07. The zero-order valence-electron chi connectivity index (χ0n) is 17.0. The molecule has 32 heavy (non-hydrogen) atoms. The van der Waals surface area contributed by atoms with Gasteiger partial charge in [-0.15, -0.1) is 0 Å². The first-order chi connectivity index (χ1) is 15.4. The van der Waals surface area contributed by atoms with Gasteiger partial charge in [-0.25, -0.2) is 4.98 Å². The molecule has 2 aromatic heterocycles. The van der Waals surface area contributed by atoms with Crippen LogP contribution in [0.4, 0.5) is 0 Å². The van der Waals surface area contributed by atoms with Gasteiger partial charge in [-0.2, -0.15) is 0 Å². The number of amides is 1. The van der Waals surface area contributed by atoms with E-state index in [2.05, 4.69) is 10.3 Å². The van der Waals surface area contributed by atoms with Crippen LogP contribution >= 0.6 is 23.4 Å². The van der Waals surface area contributed by atoms with Gasteiger partial charge < -0.3 is 9.73 Å². The number of hydrogen-bond acceptors (Lipinski definition) is 6. The second kappa shape index (κ2) is 9.42. The van der Waals surface area contributed by atoms with Gasteiger partial charge in [0, 0.05) is 11.9 Å². The van der Waals surface area contributed by atoms with Crippen LogP contribution in [-0.2, 0) is 11.3 Å². The molecule has 7 nitrogen and oxygen atoms in total. The Kier molecular flexibility index (Phi) is 6.43. The number of aromatic nitrogens is 2. The predicted molar refractivity (Wildman–Crippen MR) is 124 cm³/mol. The number of rotatable bonds is 7. The lowest BCUT2D eigenvalue weighted by Crippen LogP contribution is -2.22. The number of halogens is 1. The molecule has 162 valence electrons. The highest BCUT2D eigenvalue weighted by Crippen LogP contribution is 2.23. The number of carbonyl (C=O) groups excluding carboxylic acids is 2. The number of nitrogens with one attached hydrogen (secondary N) is 1. The van der Waals surface area contributed by atoms with Gasteiger partial charge in [-0.3, -0.25) is 19.0 Å². The van der Waals surface area contributed by atoms with E-state index in [1.807, 2.05) is 0 Å². The lowest BCUT2D eigenvalue weighted by molar-refractivity contribution is -0.119. The summed E-state index contributed by atoms with van der Waals surface area (Å²) in [6, 6.07) is 17.1. The smallest absolute Gasteiger partial charge is 0.266 e. The van der Waals surface area contributed by atoms with Crippen LogP contribution in [0.3, 0.4) is 0 Å². The molecule has 0 aliphatic carbocycles. The molecule has 0 saturated heterocycles. The Bertz CT molecular complexity index is 1360. The van der Waals surface area contributed by atoms with Gasteiger partial charge in [0.1, 0.15) is 5.76 Å². The second-order valence-corrected chi connectivity index (χ2v) is 8.29. The number of ketones is 1. The Morgan fingerprint density at radius 1 is 1.09 bits per heavy atom. The molecule has 0 aliphatic rings. The van der Waals surface area contributed by atoms with Crippen molar-refractivity contribution in [3.8, 4) is 5.69 Å². The van der Waals surface area contributed by atoms with Crippen LogP contribution in [0.25, 0.3) is 16.6 Å². The molecule has 4 aromatic rings.